The highest BCUT2D eigenvalue weighted by molar-refractivity contribution is 5.81. The van der Waals surface area contributed by atoms with Crippen molar-refractivity contribution < 1.29 is 14.3 Å². The number of carbonyl (C=O) groups is 2. The number of nitrogens with two attached hydrogens (primary N) is 1. The summed E-state index contributed by atoms with van der Waals surface area (Å²) < 4.78 is 5.38. The molecule has 0 aromatic carbocycles. The molecular formula is C16H32N2O3. The summed E-state index contributed by atoms with van der Waals surface area (Å²) >= 11 is 0. The first kappa shape index (κ1) is 19.9. The number of carbonyl (C=O) groups excluding carboxylic acids is 2. The molecule has 1 amide bonds. The molecule has 0 saturated carbocycles. The van der Waals surface area contributed by atoms with Gasteiger partial charge in [-0.3, -0.25) is 9.59 Å². The van der Waals surface area contributed by atoms with Crippen molar-refractivity contribution >= 4 is 11.9 Å². The number of esters is 1. The maximum Gasteiger partial charge on any atom is 0.312 e. The van der Waals surface area contributed by atoms with E-state index in [4.69, 9.17) is 10.5 Å². The summed E-state index contributed by atoms with van der Waals surface area (Å²) in [5, 5.41) is 2.79. The minimum Gasteiger partial charge on any atom is -0.460 e. The standard InChI is InChI=1S/C16H32N2O3/c1-11(2)10-12(17)13(19)18-9-8-16(6,7)14(20)21-15(3,4)5/h11-12H,8-10,17H2,1-7H3,(H,18,19)/t12-/m0/s1. The fraction of sp³-hybridized carbons (Fsp3) is 0.875. The minimum absolute atomic E-state index is 0.163. The molecule has 5 nitrogen and oxygen atoms in total. The second kappa shape index (κ2) is 7.78. The van der Waals surface area contributed by atoms with Crippen molar-refractivity contribution in [2.75, 3.05) is 6.54 Å². The highest BCUT2D eigenvalue weighted by Gasteiger charge is 2.32. The molecule has 0 aliphatic heterocycles. The Bertz CT molecular complexity index is 357. The van der Waals surface area contributed by atoms with E-state index < -0.39 is 17.1 Å². The molecule has 0 fully saturated rings. The van der Waals surface area contributed by atoms with Crippen molar-refractivity contribution in [2.24, 2.45) is 17.1 Å². The molecule has 0 heterocycles. The zero-order chi connectivity index (χ0) is 16.8. The van der Waals surface area contributed by atoms with Gasteiger partial charge in [0, 0.05) is 6.54 Å². The van der Waals surface area contributed by atoms with E-state index in [-0.39, 0.29) is 11.9 Å². The number of ether oxygens (including phenoxy) is 1. The maximum atomic E-state index is 12.1. The van der Waals surface area contributed by atoms with Gasteiger partial charge in [0.25, 0.3) is 0 Å². The summed E-state index contributed by atoms with van der Waals surface area (Å²) in [6.07, 6.45) is 1.17. The second-order valence-corrected chi connectivity index (χ2v) is 7.66. The molecule has 0 spiro atoms. The molecule has 0 aliphatic rings. The van der Waals surface area contributed by atoms with Crippen LogP contribution in [-0.4, -0.2) is 30.1 Å². The van der Waals surface area contributed by atoms with Gasteiger partial charge in [-0.2, -0.15) is 0 Å². The second-order valence-electron chi connectivity index (χ2n) is 7.66. The molecule has 0 aromatic rings. The Hall–Kier alpha value is -1.10. The largest absolute Gasteiger partial charge is 0.460 e. The lowest BCUT2D eigenvalue weighted by Crippen LogP contribution is -2.43. The van der Waals surface area contributed by atoms with Gasteiger partial charge in [0.05, 0.1) is 11.5 Å². The van der Waals surface area contributed by atoms with Crippen LogP contribution in [0.5, 0.6) is 0 Å². The van der Waals surface area contributed by atoms with Crippen LogP contribution in [0.3, 0.4) is 0 Å². The van der Waals surface area contributed by atoms with E-state index in [2.05, 4.69) is 5.32 Å². The lowest BCUT2D eigenvalue weighted by atomic mass is 9.89. The van der Waals surface area contributed by atoms with Crippen molar-refractivity contribution in [3.63, 3.8) is 0 Å². The van der Waals surface area contributed by atoms with Crippen LogP contribution in [-0.2, 0) is 14.3 Å². The van der Waals surface area contributed by atoms with Gasteiger partial charge in [0.1, 0.15) is 5.60 Å². The number of nitrogens with one attached hydrogen (secondary N) is 1. The Kier molecular flexibility index (Phi) is 7.37. The molecule has 21 heavy (non-hydrogen) atoms. The summed E-state index contributed by atoms with van der Waals surface area (Å²) in [6.45, 7) is 13.6. The van der Waals surface area contributed by atoms with Crippen LogP contribution in [0.4, 0.5) is 0 Å². The van der Waals surface area contributed by atoms with Crippen LogP contribution >= 0.6 is 0 Å². The average Bonchev–Trinajstić information content (AvgIpc) is 2.25. The van der Waals surface area contributed by atoms with E-state index in [0.29, 0.717) is 25.3 Å². The lowest BCUT2D eigenvalue weighted by Gasteiger charge is -2.28. The normalized spacial score (nSPS) is 14.0. The van der Waals surface area contributed by atoms with Crippen LogP contribution in [0.2, 0.25) is 0 Å². The predicted octanol–water partition coefficient (Wildman–Crippen LogP) is 2.23. The smallest absolute Gasteiger partial charge is 0.312 e. The number of amides is 1. The Labute approximate surface area is 129 Å². The molecule has 0 radical (unpaired) electrons. The summed E-state index contributed by atoms with van der Waals surface area (Å²) in [5.41, 5.74) is 4.67. The van der Waals surface area contributed by atoms with E-state index in [1.165, 1.54) is 0 Å². The van der Waals surface area contributed by atoms with Gasteiger partial charge in [-0.25, -0.2) is 0 Å². The average molecular weight is 300 g/mol. The molecule has 0 saturated heterocycles. The molecule has 0 rings (SSSR count). The molecular weight excluding hydrogens is 268 g/mol. The first-order chi connectivity index (χ1) is 9.35. The lowest BCUT2D eigenvalue weighted by molar-refractivity contribution is -0.166. The van der Waals surface area contributed by atoms with Gasteiger partial charge in [-0.05, 0) is 53.4 Å². The van der Waals surface area contributed by atoms with Crippen LogP contribution < -0.4 is 11.1 Å². The first-order valence-corrected chi connectivity index (χ1v) is 7.62. The van der Waals surface area contributed by atoms with E-state index in [1.54, 1.807) is 0 Å². The first-order valence-electron chi connectivity index (χ1n) is 7.62. The van der Waals surface area contributed by atoms with Crippen LogP contribution in [0.15, 0.2) is 0 Å². The number of hydrogen-bond acceptors (Lipinski definition) is 4. The van der Waals surface area contributed by atoms with Gasteiger partial charge >= 0.3 is 5.97 Å². The Morgan fingerprint density at radius 3 is 2.10 bits per heavy atom. The highest BCUT2D eigenvalue weighted by Crippen LogP contribution is 2.24. The molecule has 1 atom stereocenters. The third-order valence-corrected chi connectivity index (χ3v) is 3.06. The van der Waals surface area contributed by atoms with Crippen molar-refractivity contribution in [1.29, 1.82) is 0 Å². The zero-order valence-corrected chi connectivity index (χ0v) is 14.6. The number of rotatable bonds is 7. The van der Waals surface area contributed by atoms with Crippen molar-refractivity contribution in [2.45, 2.75) is 73.0 Å². The van der Waals surface area contributed by atoms with E-state index in [1.807, 2.05) is 48.5 Å². The highest BCUT2D eigenvalue weighted by atomic mass is 16.6. The monoisotopic (exact) mass is 300 g/mol. The fourth-order valence-corrected chi connectivity index (χ4v) is 1.76. The Morgan fingerprint density at radius 1 is 1.14 bits per heavy atom. The maximum absolute atomic E-state index is 12.1. The van der Waals surface area contributed by atoms with Crippen LogP contribution in [0.25, 0.3) is 0 Å². The molecule has 3 N–H and O–H groups in total. The molecule has 5 heteroatoms. The number of hydrogen-bond donors (Lipinski definition) is 2. The van der Waals surface area contributed by atoms with Gasteiger partial charge < -0.3 is 15.8 Å². The minimum atomic E-state index is -0.636. The van der Waals surface area contributed by atoms with E-state index in [0.717, 1.165) is 0 Å². The molecule has 0 aliphatic carbocycles. The van der Waals surface area contributed by atoms with Crippen molar-refractivity contribution in [3.8, 4) is 0 Å². The molecule has 0 bridgehead atoms. The predicted molar refractivity (Wildman–Crippen MR) is 84.7 cm³/mol. The van der Waals surface area contributed by atoms with E-state index in [9.17, 15) is 9.59 Å². The zero-order valence-electron chi connectivity index (χ0n) is 14.6. The van der Waals surface area contributed by atoms with Crippen molar-refractivity contribution in [3.05, 3.63) is 0 Å². The SMILES string of the molecule is CC(C)C[C@H](N)C(=O)NCCC(C)(C)C(=O)OC(C)(C)C. The topological polar surface area (TPSA) is 81.4 Å². The van der Waals surface area contributed by atoms with Crippen molar-refractivity contribution in [1.82, 2.24) is 5.32 Å². The van der Waals surface area contributed by atoms with Crippen LogP contribution in [0, 0.1) is 11.3 Å². The summed E-state index contributed by atoms with van der Waals surface area (Å²) in [5.74, 6) is -0.0385. The Balaban J connectivity index is 4.26. The van der Waals surface area contributed by atoms with Gasteiger partial charge in [-0.1, -0.05) is 13.8 Å². The van der Waals surface area contributed by atoms with Gasteiger partial charge in [0.2, 0.25) is 5.91 Å². The van der Waals surface area contributed by atoms with E-state index >= 15 is 0 Å². The summed E-state index contributed by atoms with van der Waals surface area (Å²) in [7, 11) is 0. The quantitative estimate of drug-likeness (QED) is 0.706. The summed E-state index contributed by atoms with van der Waals surface area (Å²) in [6, 6.07) is -0.491. The Morgan fingerprint density at radius 2 is 1.67 bits per heavy atom. The summed E-state index contributed by atoms with van der Waals surface area (Å²) in [4.78, 5) is 23.9. The fourth-order valence-electron chi connectivity index (χ4n) is 1.76. The van der Waals surface area contributed by atoms with Gasteiger partial charge in [-0.15, -0.1) is 0 Å². The molecule has 0 unspecified atom stereocenters. The van der Waals surface area contributed by atoms with Crippen LogP contribution in [0.1, 0.15) is 61.3 Å². The third-order valence-electron chi connectivity index (χ3n) is 3.06. The third kappa shape index (κ3) is 8.71. The molecule has 124 valence electrons. The van der Waals surface area contributed by atoms with Gasteiger partial charge in [0.15, 0.2) is 0 Å². The molecule has 0 aromatic heterocycles.